The van der Waals surface area contributed by atoms with E-state index in [0.717, 1.165) is 0 Å². The van der Waals surface area contributed by atoms with Crippen molar-refractivity contribution in [1.82, 2.24) is 4.31 Å². The minimum Gasteiger partial charge on any atom is -0.207 e. The lowest BCUT2D eigenvalue weighted by Crippen LogP contribution is -2.26. The van der Waals surface area contributed by atoms with E-state index < -0.39 is 10.0 Å². The lowest BCUT2D eigenvalue weighted by atomic mass is 10.2. The minimum atomic E-state index is -3.66. The lowest BCUT2D eigenvalue weighted by molar-refractivity contribution is 0.467. The molecular weight excluding hydrogens is 343 g/mol. The molecule has 0 amide bonds. The third kappa shape index (κ3) is 3.60. The number of hydrogen-bond donors (Lipinski definition) is 0. The summed E-state index contributed by atoms with van der Waals surface area (Å²) in [5.41, 5.74) is 1.06. The Morgan fingerprint density at radius 3 is 2.32 bits per heavy atom. The first-order valence-electron chi connectivity index (χ1n) is 6.25. The summed E-state index contributed by atoms with van der Waals surface area (Å²) in [6.07, 6.45) is 0. The average molecular weight is 355 g/mol. The molecule has 2 aromatic carbocycles. The zero-order valence-corrected chi connectivity index (χ0v) is 14.0. The number of halogens is 2. The fourth-order valence-electron chi connectivity index (χ4n) is 1.86. The summed E-state index contributed by atoms with van der Waals surface area (Å²) in [5.74, 6) is 0. The third-order valence-corrected chi connectivity index (χ3v) is 5.50. The Morgan fingerprint density at radius 2 is 1.77 bits per heavy atom. The van der Waals surface area contributed by atoms with Gasteiger partial charge in [-0.25, -0.2) is 8.42 Å². The summed E-state index contributed by atoms with van der Waals surface area (Å²) in [6, 6.07) is 12.6. The molecule has 2 rings (SSSR count). The molecule has 22 heavy (non-hydrogen) atoms. The van der Waals surface area contributed by atoms with Crippen LogP contribution in [0.25, 0.3) is 0 Å². The van der Waals surface area contributed by atoms with Gasteiger partial charge in [0, 0.05) is 23.6 Å². The second-order valence-electron chi connectivity index (χ2n) is 4.63. The first kappa shape index (κ1) is 16.8. The molecule has 0 N–H and O–H groups in total. The maximum Gasteiger partial charge on any atom is 0.243 e. The number of sulfonamides is 1. The predicted molar refractivity (Wildman–Crippen MR) is 86.3 cm³/mol. The van der Waals surface area contributed by atoms with Crippen LogP contribution in [-0.2, 0) is 16.6 Å². The summed E-state index contributed by atoms with van der Waals surface area (Å²) < 4.78 is 26.2. The van der Waals surface area contributed by atoms with Crippen molar-refractivity contribution in [1.29, 1.82) is 5.26 Å². The zero-order valence-electron chi connectivity index (χ0n) is 11.6. The van der Waals surface area contributed by atoms with E-state index in [1.54, 1.807) is 18.2 Å². The van der Waals surface area contributed by atoms with Crippen LogP contribution in [0.1, 0.15) is 11.1 Å². The molecule has 0 aromatic heterocycles. The molecule has 0 atom stereocenters. The highest BCUT2D eigenvalue weighted by Gasteiger charge is 2.21. The minimum absolute atomic E-state index is 0.123. The van der Waals surface area contributed by atoms with Crippen LogP contribution < -0.4 is 0 Å². The van der Waals surface area contributed by atoms with Gasteiger partial charge >= 0.3 is 0 Å². The molecule has 4 nitrogen and oxygen atoms in total. The van der Waals surface area contributed by atoms with Gasteiger partial charge in [-0.05, 0) is 42.0 Å². The first-order chi connectivity index (χ1) is 10.3. The van der Waals surface area contributed by atoms with Crippen molar-refractivity contribution >= 4 is 33.2 Å². The molecule has 0 saturated carbocycles. The van der Waals surface area contributed by atoms with E-state index in [1.807, 2.05) is 6.07 Å². The van der Waals surface area contributed by atoms with E-state index in [1.165, 1.54) is 35.6 Å². The summed E-state index contributed by atoms with van der Waals surface area (Å²) in [7, 11) is -2.19. The Balaban J connectivity index is 2.26. The second kappa shape index (κ2) is 6.67. The number of benzene rings is 2. The van der Waals surface area contributed by atoms with Crippen LogP contribution in [0.5, 0.6) is 0 Å². The smallest absolute Gasteiger partial charge is 0.207 e. The van der Waals surface area contributed by atoms with Crippen LogP contribution in [0.4, 0.5) is 0 Å². The summed E-state index contributed by atoms with van der Waals surface area (Å²) in [6.45, 7) is 0.123. The van der Waals surface area contributed by atoms with Gasteiger partial charge in [0.1, 0.15) is 0 Å². The molecular formula is C15H12Cl2N2O2S. The van der Waals surface area contributed by atoms with E-state index in [9.17, 15) is 8.42 Å². The standard InChI is InChI=1S/C15H12Cl2N2O2S/c1-19(10-12-4-5-13(16)8-15(12)17)22(20,21)14-6-2-11(9-18)3-7-14/h2-8H,10H2,1H3. The normalized spacial score (nSPS) is 11.4. The highest BCUT2D eigenvalue weighted by Crippen LogP contribution is 2.24. The lowest BCUT2D eigenvalue weighted by Gasteiger charge is -2.18. The van der Waals surface area contributed by atoms with Crippen LogP contribution in [0, 0.1) is 11.3 Å². The highest BCUT2D eigenvalue weighted by molar-refractivity contribution is 7.89. The summed E-state index contributed by atoms with van der Waals surface area (Å²) in [4.78, 5) is 0.124. The molecule has 0 aliphatic carbocycles. The fraction of sp³-hybridized carbons (Fsp3) is 0.133. The Kier molecular flexibility index (Phi) is 5.09. The second-order valence-corrected chi connectivity index (χ2v) is 7.52. The highest BCUT2D eigenvalue weighted by atomic mass is 35.5. The van der Waals surface area contributed by atoms with Crippen molar-refractivity contribution < 1.29 is 8.42 Å². The predicted octanol–water partition coefficient (Wildman–Crippen LogP) is 3.69. The molecule has 2 aromatic rings. The fourth-order valence-corrected chi connectivity index (χ4v) is 3.47. The molecule has 0 fully saturated rings. The molecule has 0 bridgehead atoms. The molecule has 114 valence electrons. The maximum atomic E-state index is 12.5. The Labute approximate surface area is 139 Å². The molecule has 0 saturated heterocycles. The van der Waals surface area contributed by atoms with E-state index >= 15 is 0 Å². The Bertz CT molecular complexity index is 828. The van der Waals surface area contributed by atoms with E-state index in [0.29, 0.717) is 21.2 Å². The van der Waals surface area contributed by atoms with E-state index in [4.69, 9.17) is 28.5 Å². The van der Waals surface area contributed by atoms with Crippen LogP contribution in [-0.4, -0.2) is 19.8 Å². The van der Waals surface area contributed by atoms with Gasteiger partial charge in [0.05, 0.1) is 16.5 Å². The quantitative estimate of drug-likeness (QED) is 0.840. The Hall–Kier alpha value is -1.58. The van der Waals surface area contributed by atoms with Gasteiger partial charge in [-0.1, -0.05) is 29.3 Å². The molecule has 0 unspecified atom stereocenters. The average Bonchev–Trinajstić information content (AvgIpc) is 2.50. The van der Waals surface area contributed by atoms with Gasteiger partial charge < -0.3 is 0 Å². The van der Waals surface area contributed by atoms with Gasteiger partial charge in [0.15, 0.2) is 0 Å². The van der Waals surface area contributed by atoms with Crippen molar-refractivity contribution in [2.75, 3.05) is 7.05 Å². The van der Waals surface area contributed by atoms with E-state index in [2.05, 4.69) is 0 Å². The van der Waals surface area contributed by atoms with Crippen molar-refractivity contribution in [3.05, 3.63) is 63.6 Å². The third-order valence-electron chi connectivity index (χ3n) is 3.10. The number of nitrogens with zero attached hydrogens (tertiary/aromatic N) is 2. The number of rotatable bonds is 4. The summed E-state index contributed by atoms with van der Waals surface area (Å²) in [5, 5.41) is 9.66. The number of hydrogen-bond acceptors (Lipinski definition) is 3. The van der Waals surface area contributed by atoms with Gasteiger partial charge in [-0.15, -0.1) is 0 Å². The maximum absolute atomic E-state index is 12.5. The SMILES string of the molecule is CN(Cc1ccc(Cl)cc1Cl)S(=O)(=O)c1ccc(C#N)cc1. The summed E-state index contributed by atoms with van der Waals surface area (Å²) >= 11 is 11.9. The largest absolute Gasteiger partial charge is 0.243 e. The van der Waals surface area contributed by atoms with Crippen LogP contribution >= 0.6 is 23.2 Å². The Morgan fingerprint density at radius 1 is 1.14 bits per heavy atom. The van der Waals surface area contributed by atoms with Crippen molar-refractivity contribution in [2.24, 2.45) is 0 Å². The van der Waals surface area contributed by atoms with Gasteiger partial charge in [-0.3, -0.25) is 0 Å². The molecule has 0 radical (unpaired) electrons. The van der Waals surface area contributed by atoms with Crippen molar-refractivity contribution in [3.8, 4) is 6.07 Å². The molecule has 0 aliphatic heterocycles. The zero-order chi connectivity index (χ0) is 16.3. The molecule has 7 heteroatoms. The van der Waals surface area contributed by atoms with Crippen LogP contribution in [0.15, 0.2) is 47.4 Å². The van der Waals surface area contributed by atoms with Gasteiger partial charge in [0.25, 0.3) is 0 Å². The monoisotopic (exact) mass is 354 g/mol. The topological polar surface area (TPSA) is 61.2 Å². The number of nitriles is 1. The van der Waals surface area contributed by atoms with Crippen molar-refractivity contribution in [3.63, 3.8) is 0 Å². The molecule has 0 spiro atoms. The molecule has 0 aliphatic rings. The van der Waals surface area contributed by atoms with E-state index in [-0.39, 0.29) is 11.4 Å². The van der Waals surface area contributed by atoms with Gasteiger partial charge in [-0.2, -0.15) is 9.57 Å². The van der Waals surface area contributed by atoms with Crippen molar-refractivity contribution in [2.45, 2.75) is 11.4 Å². The van der Waals surface area contributed by atoms with Crippen LogP contribution in [0.2, 0.25) is 10.0 Å². The van der Waals surface area contributed by atoms with Gasteiger partial charge in [0.2, 0.25) is 10.0 Å². The first-order valence-corrected chi connectivity index (χ1v) is 8.44. The molecule has 0 heterocycles. The van der Waals surface area contributed by atoms with Crippen LogP contribution in [0.3, 0.4) is 0 Å².